The second-order valence-electron chi connectivity index (χ2n) is 3.21. The fourth-order valence-corrected chi connectivity index (χ4v) is 1.41. The first kappa shape index (κ1) is 15.2. The highest BCUT2D eigenvalue weighted by Gasteiger charge is 2.08. The third-order valence-corrected chi connectivity index (χ3v) is 2.38. The Morgan fingerprint density at radius 3 is 2.74 bits per heavy atom. The van der Waals surface area contributed by atoms with Gasteiger partial charge in [0.1, 0.15) is 5.76 Å². The number of esters is 1. The molecule has 0 saturated carbocycles. The van der Waals surface area contributed by atoms with Crippen molar-refractivity contribution in [3.63, 3.8) is 0 Å². The Hall–Kier alpha value is -1.84. The molecule has 1 heterocycles. The molecule has 0 unspecified atom stereocenters. The van der Waals surface area contributed by atoms with Crippen molar-refractivity contribution in [3.05, 3.63) is 27.7 Å². The minimum Gasteiger partial charge on any atom is -0.452 e. The molecule has 1 aromatic rings. The topological polar surface area (TPSA) is 97.6 Å². The Kier molecular flexibility index (Phi) is 6.06. The van der Waals surface area contributed by atoms with Gasteiger partial charge < -0.3 is 14.5 Å². The molecule has 0 fully saturated rings. The molecule has 0 aromatic carbocycles. The third kappa shape index (κ3) is 6.04. The maximum absolute atomic E-state index is 11.2. The van der Waals surface area contributed by atoms with Crippen molar-refractivity contribution in [1.29, 1.82) is 0 Å². The molecule has 0 aliphatic rings. The predicted octanol–water partition coefficient (Wildman–Crippen LogP) is 0.896. The minimum absolute atomic E-state index is 0.496. The smallest absolute Gasteiger partial charge is 0.331 e. The number of hydrogen-bond acceptors (Lipinski definition) is 5. The summed E-state index contributed by atoms with van der Waals surface area (Å²) in [5.41, 5.74) is 0. The lowest BCUT2D eigenvalue weighted by Crippen LogP contribution is -2.39. The van der Waals surface area contributed by atoms with E-state index in [1.807, 2.05) is 27.9 Å². The van der Waals surface area contributed by atoms with Crippen LogP contribution in [0.1, 0.15) is 5.76 Å². The fourth-order valence-electron chi connectivity index (χ4n) is 0.978. The van der Waals surface area contributed by atoms with Gasteiger partial charge in [0.25, 0.3) is 5.91 Å². The molecule has 8 heteroatoms. The highest BCUT2D eigenvalue weighted by atomic mass is 127. The van der Waals surface area contributed by atoms with Gasteiger partial charge >= 0.3 is 12.0 Å². The summed E-state index contributed by atoms with van der Waals surface area (Å²) in [4.78, 5) is 33.1. The van der Waals surface area contributed by atoms with E-state index in [9.17, 15) is 14.4 Å². The Morgan fingerprint density at radius 2 is 2.16 bits per heavy atom. The molecule has 0 aliphatic carbocycles. The number of rotatable bonds is 4. The van der Waals surface area contributed by atoms with E-state index in [2.05, 4.69) is 10.1 Å². The first-order valence-electron chi connectivity index (χ1n) is 5.13. The van der Waals surface area contributed by atoms with Crippen molar-refractivity contribution in [2.75, 3.05) is 13.7 Å². The molecule has 2 N–H and O–H groups in total. The first-order chi connectivity index (χ1) is 9.01. The molecule has 1 rings (SSSR count). The molecule has 3 amide bonds. The van der Waals surface area contributed by atoms with Crippen LogP contribution in [0.5, 0.6) is 0 Å². The lowest BCUT2D eigenvalue weighted by atomic mass is 10.4. The molecule has 0 atom stereocenters. The Balaban J connectivity index is 2.33. The van der Waals surface area contributed by atoms with E-state index in [4.69, 9.17) is 4.42 Å². The van der Waals surface area contributed by atoms with Crippen LogP contribution in [-0.2, 0) is 14.3 Å². The van der Waals surface area contributed by atoms with Crippen molar-refractivity contribution in [1.82, 2.24) is 10.6 Å². The second kappa shape index (κ2) is 7.56. The zero-order chi connectivity index (χ0) is 14.3. The van der Waals surface area contributed by atoms with Gasteiger partial charge in [0.05, 0.1) is 0 Å². The molecular formula is C11H11IN2O5. The van der Waals surface area contributed by atoms with Gasteiger partial charge in [-0.25, -0.2) is 9.59 Å². The maximum atomic E-state index is 11.2. The lowest BCUT2D eigenvalue weighted by molar-refractivity contribution is -0.143. The van der Waals surface area contributed by atoms with Crippen molar-refractivity contribution >= 4 is 46.6 Å². The predicted molar refractivity (Wildman–Crippen MR) is 74.0 cm³/mol. The summed E-state index contributed by atoms with van der Waals surface area (Å²) in [6.07, 6.45) is 2.54. The van der Waals surface area contributed by atoms with E-state index in [0.717, 1.165) is 6.08 Å². The van der Waals surface area contributed by atoms with Crippen LogP contribution in [0.2, 0.25) is 0 Å². The molecule has 19 heavy (non-hydrogen) atoms. The number of furan rings is 1. The van der Waals surface area contributed by atoms with E-state index in [0.29, 0.717) is 9.53 Å². The number of imide groups is 1. The third-order valence-electron chi connectivity index (χ3n) is 1.80. The quantitative estimate of drug-likeness (QED) is 0.461. The van der Waals surface area contributed by atoms with Crippen molar-refractivity contribution in [2.45, 2.75) is 0 Å². The number of carbonyl (C=O) groups is 3. The van der Waals surface area contributed by atoms with Crippen molar-refractivity contribution in [3.8, 4) is 0 Å². The summed E-state index contributed by atoms with van der Waals surface area (Å²) in [7, 11) is 1.36. The van der Waals surface area contributed by atoms with Crippen LogP contribution in [0.25, 0.3) is 6.08 Å². The number of urea groups is 1. The van der Waals surface area contributed by atoms with Gasteiger partial charge in [-0.1, -0.05) is 0 Å². The molecule has 0 aliphatic heterocycles. The normalized spacial score (nSPS) is 10.2. The SMILES string of the molecule is CNC(=O)NC(=O)COC(=O)/C=C/c1ccc(I)o1. The van der Waals surface area contributed by atoms with Crippen LogP contribution in [-0.4, -0.2) is 31.6 Å². The van der Waals surface area contributed by atoms with E-state index in [-0.39, 0.29) is 0 Å². The van der Waals surface area contributed by atoms with E-state index >= 15 is 0 Å². The van der Waals surface area contributed by atoms with Gasteiger partial charge in [-0.3, -0.25) is 10.1 Å². The van der Waals surface area contributed by atoms with Gasteiger partial charge in [-0.05, 0) is 40.8 Å². The molecule has 0 spiro atoms. The van der Waals surface area contributed by atoms with Crippen molar-refractivity contribution < 1.29 is 23.5 Å². The molecular weight excluding hydrogens is 367 g/mol. The zero-order valence-electron chi connectivity index (χ0n) is 9.94. The first-order valence-corrected chi connectivity index (χ1v) is 6.21. The van der Waals surface area contributed by atoms with Crippen LogP contribution in [0.3, 0.4) is 0 Å². The summed E-state index contributed by atoms with van der Waals surface area (Å²) in [5, 5.41) is 4.15. The van der Waals surface area contributed by atoms with Crippen molar-refractivity contribution in [2.24, 2.45) is 0 Å². The summed E-state index contributed by atoms with van der Waals surface area (Å²) in [6, 6.07) is 2.76. The van der Waals surface area contributed by atoms with E-state index in [1.165, 1.54) is 13.1 Å². The lowest BCUT2D eigenvalue weighted by Gasteiger charge is -2.02. The largest absolute Gasteiger partial charge is 0.452 e. The number of carbonyl (C=O) groups excluding carboxylic acids is 3. The molecule has 102 valence electrons. The van der Waals surface area contributed by atoms with Crippen LogP contribution < -0.4 is 10.6 Å². The summed E-state index contributed by atoms with van der Waals surface area (Å²) in [6.45, 7) is -0.535. The maximum Gasteiger partial charge on any atom is 0.331 e. The summed E-state index contributed by atoms with van der Waals surface area (Å²) < 4.78 is 10.5. The number of amides is 3. The Morgan fingerprint density at radius 1 is 1.42 bits per heavy atom. The Labute approximate surface area is 122 Å². The Bertz CT molecular complexity index is 509. The highest BCUT2D eigenvalue weighted by molar-refractivity contribution is 14.1. The molecule has 0 bridgehead atoms. The molecule has 7 nitrogen and oxygen atoms in total. The number of ether oxygens (including phenoxy) is 1. The standard InChI is InChI=1S/C11H11IN2O5/c1-13-11(17)14-9(15)6-18-10(16)5-3-7-2-4-8(12)19-7/h2-5H,6H2,1H3,(H2,13,14,15,17)/b5-3+. The monoisotopic (exact) mass is 378 g/mol. The fraction of sp³-hybridized carbons (Fsp3) is 0.182. The van der Waals surface area contributed by atoms with E-state index < -0.39 is 24.5 Å². The molecule has 1 aromatic heterocycles. The summed E-state index contributed by atoms with van der Waals surface area (Å²) >= 11 is 1.99. The summed E-state index contributed by atoms with van der Waals surface area (Å²) in [5.74, 6) is -0.928. The molecule has 0 radical (unpaired) electrons. The van der Waals surface area contributed by atoms with Gasteiger partial charge in [-0.15, -0.1) is 0 Å². The van der Waals surface area contributed by atoms with Crippen LogP contribution in [0.15, 0.2) is 22.6 Å². The number of nitrogens with one attached hydrogen (secondary N) is 2. The van der Waals surface area contributed by atoms with Gasteiger partial charge in [-0.2, -0.15) is 0 Å². The highest BCUT2D eigenvalue weighted by Crippen LogP contribution is 2.11. The van der Waals surface area contributed by atoms with Gasteiger partial charge in [0.2, 0.25) is 0 Å². The number of hydrogen-bond donors (Lipinski definition) is 2. The zero-order valence-corrected chi connectivity index (χ0v) is 12.1. The van der Waals surface area contributed by atoms with E-state index in [1.54, 1.807) is 12.1 Å². The number of halogens is 1. The van der Waals surface area contributed by atoms with Crippen LogP contribution in [0, 0.1) is 3.77 Å². The second-order valence-corrected chi connectivity index (χ2v) is 4.27. The van der Waals surface area contributed by atoms with Gasteiger partial charge in [0.15, 0.2) is 10.4 Å². The molecule has 0 saturated heterocycles. The van der Waals surface area contributed by atoms with Crippen LogP contribution in [0.4, 0.5) is 4.79 Å². The van der Waals surface area contributed by atoms with Gasteiger partial charge in [0, 0.05) is 13.1 Å². The van der Waals surface area contributed by atoms with Crippen LogP contribution >= 0.6 is 22.6 Å². The minimum atomic E-state index is -0.714. The average Bonchev–Trinajstić information content (AvgIpc) is 2.79. The average molecular weight is 378 g/mol.